The summed E-state index contributed by atoms with van der Waals surface area (Å²) in [5, 5.41) is 44.6. The molecule has 10 nitrogen and oxygen atoms in total. The molecule has 0 aromatic heterocycles. The molecule has 0 saturated heterocycles. The highest BCUT2D eigenvalue weighted by Gasteiger charge is 2.04. The lowest BCUT2D eigenvalue weighted by molar-refractivity contribution is -0.143. The summed E-state index contributed by atoms with van der Waals surface area (Å²) in [6, 6.07) is 9.41. The van der Waals surface area contributed by atoms with E-state index in [-0.39, 0.29) is 57.5 Å². The summed E-state index contributed by atoms with van der Waals surface area (Å²) in [5.41, 5.74) is 2.45. The van der Waals surface area contributed by atoms with Crippen molar-refractivity contribution in [3.8, 4) is 11.5 Å². The topological polar surface area (TPSA) is 163 Å². The highest BCUT2D eigenvalue weighted by molar-refractivity contribution is 9.09. The molecule has 34 heavy (non-hydrogen) atoms. The summed E-state index contributed by atoms with van der Waals surface area (Å²) in [6.07, 6.45) is 0. The second-order valence-corrected chi connectivity index (χ2v) is 6.76. The van der Waals surface area contributed by atoms with Crippen LogP contribution in [0.5, 0.6) is 11.5 Å². The fourth-order valence-electron chi connectivity index (χ4n) is 2.18. The van der Waals surface area contributed by atoms with E-state index in [1.807, 2.05) is 0 Å². The molecule has 11 heteroatoms. The number of phenolic OH excluding ortho intramolecular Hbond substituents is 1. The molecule has 5 N–H and O–H groups in total. The van der Waals surface area contributed by atoms with Gasteiger partial charge in [-0.3, -0.25) is 4.79 Å². The summed E-state index contributed by atoms with van der Waals surface area (Å²) in [6.45, 7) is -0.746. The molecule has 0 aliphatic heterocycles. The van der Waals surface area contributed by atoms with Gasteiger partial charge in [-0.25, -0.2) is 4.79 Å². The molecule has 0 aliphatic rings. The van der Waals surface area contributed by atoms with Crippen LogP contribution in [0.1, 0.15) is 29.7 Å². The first kappa shape index (κ1) is 33.5. The maximum absolute atomic E-state index is 10.8. The number of esters is 2. The Hall–Kier alpha value is -2.70. The molecule has 0 saturated carbocycles. The average Bonchev–Trinajstić information content (AvgIpc) is 2.86. The predicted molar refractivity (Wildman–Crippen MR) is 128 cm³/mol. The Bertz CT molecular complexity index is 807. The highest BCUT2D eigenvalue weighted by atomic mass is 79.9. The normalized spacial score (nSPS) is 9.26. The zero-order valence-corrected chi connectivity index (χ0v) is 19.9. The Balaban J connectivity index is 0. The number of methoxy groups -OCH3 is 2. The molecule has 2 aromatic rings. The van der Waals surface area contributed by atoms with Gasteiger partial charge in [0.2, 0.25) is 0 Å². The van der Waals surface area contributed by atoms with Crippen LogP contribution in [0, 0.1) is 0 Å². The van der Waals surface area contributed by atoms with Gasteiger partial charge in [-0.05, 0) is 46.5 Å². The molecular formula is C23H33BrO10. The fourth-order valence-corrected chi connectivity index (χ4v) is 2.40. The number of benzene rings is 2. The lowest BCUT2D eigenvalue weighted by atomic mass is 10.1. The van der Waals surface area contributed by atoms with Crippen molar-refractivity contribution < 1.29 is 49.3 Å². The lowest BCUT2D eigenvalue weighted by Gasteiger charge is -2.08. The Morgan fingerprint density at radius 2 is 1.12 bits per heavy atom. The highest BCUT2D eigenvalue weighted by Crippen LogP contribution is 2.18. The third kappa shape index (κ3) is 14.4. The van der Waals surface area contributed by atoms with Crippen LogP contribution in [-0.2, 0) is 45.5 Å². The van der Waals surface area contributed by atoms with E-state index in [4.69, 9.17) is 30.3 Å². The van der Waals surface area contributed by atoms with Crippen LogP contribution in [0.3, 0.4) is 0 Å². The first-order valence-corrected chi connectivity index (χ1v) is 10.6. The van der Waals surface area contributed by atoms with E-state index in [0.717, 1.165) is 0 Å². The van der Waals surface area contributed by atoms with E-state index in [9.17, 15) is 9.59 Å². The first-order chi connectivity index (χ1) is 15.8. The van der Waals surface area contributed by atoms with Gasteiger partial charge in [-0.1, -0.05) is 35.5 Å². The lowest BCUT2D eigenvalue weighted by Crippen LogP contribution is -2.12. The van der Waals surface area contributed by atoms with Crippen molar-refractivity contribution in [3.63, 3.8) is 0 Å². The number of carbonyl (C=O) groups is 2. The average molecular weight is 549 g/mol. The summed E-state index contributed by atoms with van der Waals surface area (Å²) in [4.78, 5) is 20.8. The zero-order valence-electron chi connectivity index (χ0n) is 18.4. The number of rotatable bonds is 8. The van der Waals surface area contributed by atoms with Crippen LogP contribution in [0.15, 0.2) is 36.4 Å². The van der Waals surface area contributed by atoms with Crippen molar-refractivity contribution in [2.75, 3.05) is 26.2 Å². The molecule has 0 spiro atoms. The zero-order chi connectivity index (χ0) is 25.2. The van der Waals surface area contributed by atoms with Crippen LogP contribution in [0.4, 0.5) is 0 Å². The quantitative estimate of drug-likeness (QED) is 0.242. The second-order valence-electron chi connectivity index (χ2n) is 6.20. The largest absolute Gasteiger partial charge is 0.508 e. The van der Waals surface area contributed by atoms with Crippen molar-refractivity contribution >= 4 is 27.9 Å². The monoisotopic (exact) mass is 548 g/mol. The van der Waals surface area contributed by atoms with Crippen molar-refractivity contribution in [1.82, 2.24) is 0 Å². The summed E-state index contributed by atoms with van der Waals surface area (Å²) < 4.78 is 13.8. The number of aliphatic hydroxyl groups excluding tert-OH is 4. The number of phenols is 1. The van der Waals surface area contributed by atoms with Gasteiger partial charge in [0.15, 0.2) is 6.61 Å². The number of aliphatic hydroxyl groups is 4. The van der Waals surface area contributed by atoms with Crippen LogP contribution in [0.2, 0.25) is 0 Å². The summed E-state index contributed by atoms with van der Waals surface area (Å²) >= 11 is 2.90. The van der Waals surface area contributed by atoms with Gasteiger partial charge >= 0.3 is 11.9 Å². The second kappa shape index (κ2) is 19.7. The molecule has 0 fully saturated rings. The molecule has 0 heterocycles. The van der Waals surface area contributed by atoms with E-state index in [0.29, 0.717) is 28.0 Å². The third-order valence-corrected chi connectivity index (χ3v) is 4.17. The van der Waals surface area contributed by atoms with Gasteiger partial charge in [0.05, 0.1) is 40.6 Å². The van der Waals surface area contributed by atoms with Gasteiger partial charge in [-0.15, -0.1) is 0 Å². The molecule has 2 rings (SSSR count). The Kier molecular flexibility index (Phi) is 19.4. The molecule has 0 atom stereocenters. The van der Waals surface area contributed by atoms with E-state index in [2.05, 4.69) is 25.4 Å². The third-order valence-electron chi connectivity index (χ3n) is 3.71. The molecule has 2 aromatic carbocycles. The number of hydrogen-bond donors (Lipinski definition) is 5. The van der Waals surface area contributed by atoms with E-state index in [1.165, 1.54) is 26.4 Å². The Labute approximate surface area is 207 Å². The van der Waals surface area contributed by atoms with Gasteiger partial charge in [0.25, 0.3) is 0 Å². The Morgan fingerprint density at radius 1 is 0.735 bits per heavy atom. The molecule has 0 unspecified atom stereocenters. The summed E-state index contributed by atoms with van der Waals surface area (Å²) in [7, 11) is 2.62. The Morgan fingerprint density at radius 3 is 1.41 bits per heavy atom. The van der Waals surface area contributed by atoms with Crippen LogP contribution < -0.4 is 4.74 Å². The number of hydrogen-bond acceptors (Lipinski definition) is 10. The molecule has 0 bridgehead atoms. The summed E-state index contributed by atoms with van der Waals surface area (Å²) in [5.74, 6) is -0.239. The van der Waals surface area contributed by atoms with Gasteiger partial charge < -0.3 is 39.7 Å². The smallest absolute Gasteiger partial charge is 0.343 e. The minimum absolute atomic E-state index is 0. The number of carbonyl (C=O) groups excluding carboxylic acids is 2. The number of halogens is 1. The maximum Gasteiger partial charge on any atom is 0.343 e. The van der Waals surface area contributed by atoms with Crippen molar-refractivity contribution in [2.45, 2.75) is 33.9 Å². The van der Waals surface area contributed by atoms with Crippen LogP contribution >= 0.6 is 15.9 Å². The van der Waals surface area contributed by atoms with Crippen molar-refractivity contribution in [2.24, 2.45) is 0 Å². The minimum atomic E-state index is -0.486. The number of alkyl halides is 1. The number of aromatic hydroxyl groups is 1. The van der Waals surface area contributed by atoms with Gasteiger partial charge in [0, 0.05) is 0 Å². The maximum atomic E-state index is 10.8. The molecule has 192 valence electrons. The molecule has 0 amide bonds. The van der Waals surface area contributed by atoms with Gasteiger partial charge in [-0.2, -0.15) is 0 Å². The van der Waals surface area contributed by atoms with Crippen molar-refractivity contribution in [1.29, 1.82) is 0 Å². The van der Waals surface area contributed by atoms with E-state index in [1.54, 1.807) is 24.3 Å². The molecule has 0 aliphatic carbocycles. The van der Waals surface area contributed by atoms with Gasteiger partial charge in [0.1, 0.15) is 16.8 Å². The van der Waals surface area contributed by atoms with Crippen LogP contribution in [-0.4, -0.2) is 63.6 Å². The van der Waals surface area contributed by atoms with E-state index < -0.39 is 5.97 Å². The molecule has 0 radical (unpaired) electrons. The minimum Gasteiger partial charge on any atom is -0.508 e. The molecular weight excluding hydrogens is 516 g/mol. The standard InChI is InChI=1S/C11H14O5.C8H10O3.C3H5BrO2.CH4/c1-15-11(14)7-16-10-3-8(5-12)2-9(4-10)6-13;9-4-6-1-7(5-10)3-8(11)2-6;1-6-3(5)2-4;/h2-4,12-13H,5-7H2,1H3;1-3,9-11H,4-5H2;2H2,1H3;1H4. The predicted octanol–water partition coefficient (Wildman–Crippen LogP) is 1.79. The SMILES string of the molecule is C.COC(=O)CBr.COC(=O)COc1cc(CO)cc(CO)c1.OCc1cc(O)cc(CO)c1. The fraction of sp³-hybridized carbons (Fsp3) is 0.391. The van der Waals surface area contributed by atoms with Crippen molar-refractivity contribution in [3.05, 3.63) is 58.7 Å². The van der Waals surface area contributed by atoms with E-state index >= 15 is 0 Å². The van der Waals surface area contributed by atoms with Crippen LogP contribution in [0.25, 0.3) is 0 Å². The number of ether oxygens (including phenoxy) is 3. The first-order valence-electron chi connectivity index (χ1n) is 9.47.